The van der Waals surface area contributed by atoms with Gasteiger partial charge in [0.2, 0.25) is 6.29 Å². The van der Waals surface area contributed by atoms with E-state index < -0.39 is 20.0 Å². The Balaban J connectivity index is 2.77. The summed E-state index contributed by atoms with van der Waals surface area (Å²) in [6.07, 6.45) is -0.653. The highest BCUT2D eigenvalue weighted by Crippen LogP contribution is 2.44. The second-order valence-corrected chi connectivity index (χ2v) is 9.78. The minimum atomic E-state index is -1.05. The Morgan fingerprint density at radius 1 is 1.62 bits per heavy atom. The number of hydrogen-bond donors (Lipinski definition) is 0. The van der Waals surface area contributed by atoms with E-state index in [2.05, 4.69) is 47.8 Å². The van der Waals surface area contributed by atoms with Gasteiger partial charge in [0, 0.05) is 0 Å². The highest BCUT2D eigenvalue weighted by molar-refractivity contribution is 9.39. The fraction of sp³-hybridized carbons (Fsp3) is 0.833. The van der Waals surface area contributed by atoms with Crippen molar-refractivity contribution in [3.63, 3.8) is 0 Å². The topological polar surface area (TPSA) is 35.5 Å². The van der Waals surface area contributed by atoms with Crippen LogP contribution in [0.15, 0.2) is 0 Å². The molecule has 1 aliphatic heterocycles. The number of ether oxygens (including phenoxy) is 2. The summed E-state index contributed by atoms with van der Waals surface area (Å²) in [6.45, 7) is 1.59. The normalized spacial score (nSPS) is 34.8. The Bertz CT molecular complexity index is 230. The molecule has 0 aromatic carbocycles. The maximum atomic E-state index is 11.3. The van der Waals surface area contributed by atoms with Crippen LogP contribution in [0.3, 0.4) is 0 Å². The molecule has 72 valence electrons. The van der Waals surface area contributed by atoms with Crippen LogP contribution in [-0.4, -0.2) is 27.8 Å². The number of hydrogen-bond acceptors (Lipinski definition) is 3. The van der Waals surface area contributed by atoms with Crippen LogP contribution in [-0.2, 0) is 14.3 Å². The first-order valence-electron chi connectivity index (χ1n) is 3.45. The minimum Gasteiger partial charge on any atom is -0.430 e. The van der Waals surface area contributed by atoms with Crippen LogP contribution in [0.25, 0.3) is 0 Å². The van der Waals surface area contributed by atoms with E-state index >= 15 is 0 Å². The smallest absolute Gasteiger partial charge is 0.339 e. The third kappa shape index (κ3) is 2.49. The summed E-state index contributed by atoms with van der Waals surface area (Å²) in [4.78, 5) is 11.3. The molecular weight excluding hydrogens is 371 g/mol. The van der Waals surface area contributed by atoms with E-state index in [1.807, 2.05) is 0 Å². The van der Waals surface area contributed by atoms with Crippen molar-refractivity contribution in [1.82, 2.24) is 0 Å². The highest BCUT2D eigenvalue weighted by atomic mass is 80.0. The molecule has 0 spiro atoms. The molecule has 0 bridgehead atoms. The minimum absolute atomic E-state index is 0.0887. The summed E-state index contributed by atoms with van der Waals surface area (Å²) >= 11 is 9.61. The van der Waals surface area contributed by atoms with Crippen molar-refractivity contribution < 1.29 is 14.3 Å². The number of esters is 1. The van der Waals surface area contributed by atoms with E-state index in [1.54, 1.807) is 6.92 Å². The van der Waals surface area contributed by atoms with E-state index in [9.17, 15) is 4.79 Å². The summed E-state index contributed by atoms with van der Waals surface area (Å²) < 4.78 is 9.52. The predicted molar refractivity (Wildman–Crippen MR) is 59.4 cm³/mol. The van der Waals surface area contributed by atoms with Crippen molar-refractivity contribution in [2.24, 2.45) is 0 Å². The first-order chi connectivity index (χ1) is 5.79. The quantitative estimate of drug-likeness (QED) is 0.399. The number of cyclic esters (lactones) is 1. The lowest BCUT2D eigenvalue weighted by Crippen LogP contribution is -2.33. The second kappa shape index (κ2) is 3.83. The lowest BCUT2D eigenvalue weighted by molar-refractivity contribution is -0.144. The molecule has 0 aromatic heterocycles. The molecule has 3 nitrogen and oxygen atoms in total. The van der Waals surface area contributed by atoms with E-state index in [0.29, 0.717) is 0 Å². The molecule has 0 N–H and O–H groups in total. The van der Waals surface area contributed by atoms with Crippen molar-refractivity contribution in [2.45, 2.75) is 27.3 Å². The summed E-state index contributed by atoms with van der Waals surface area (Å²) in [7, 11) is 5.39. The van der Waals surface area contributed by atoms with Crippen molar-refractivity contribution in [2.75, 3.05) is 0 Å². The fourth-order valence-electron chi connectivity index (χ4n) is 0.795. The van der Waals surface area contributed by atoms with Gasteiger partial charge in [-0.1, -0.05) is 47.8 Å². The summed E-state index contributed by atoms with van der Waals surface area (Å²) in [5.41, 5.74) is -1.05. The molecule has 1 aliphatic rings. The maximum Gasteiger partial charge on any atom is 0.339 e. The molecule has 1 heterocycles. The van der Waals surface area contributed by atoms with Crippen molar-refractivity contribution in [1.29, 1.82) is 0 Å². The van der Waals surface area contributed by atoms with Gasteiger partial charge in [-0.05, 0) is 13.2 Å². The first kappa shape index (κ1) is 12.0. The van der Waals surface area contributed by atoms with Gasteiger partial charge in [-0.2, -0.15) is 0 Å². The Hall–Kier alpha value is 0.935. The van der Waals surface area contributed by atoms with Crippen LogP contribution < -0.4 is 0 Å². The largest absolute Gasteiger partial charge is 0.430 e. The summed E-state index contributed by atoms with van der Waals surface area (Å²) in [5, 5.41) is 0. The highest BCUT2D eigenvalue weighted by Gasteiger charge is 2.51. The van der Waals surface area contributed by atoms with E-state index in [4.69, 9.17) is 17.3 Å². The molecule has 0 saturated carbocycles. The lowest BCUT2D eigenvalue weighted by atomic mass is 9.89. The third-order valence-electron chi connectivity index (χ3n) is 1.67. The van der Waals surface area contributed by atoms with Gasteiger partial charge in [0.1, 0.15) is 0 Å². The van der Waals surface area contributed by atoms with Crippen molar-refractivity contribution >= 4 is 61.6 Å². The molecule has 1 saturated heterocycles. The van der Waals surface area contributed by atoms with Crippen LogP contribution in [0.2, 0.25) is 6.32 Å². The molecule has 1 rings (SSSR count). The summed E-state index contributed by atoms with van der Waals surface area (Å²) in [5.74, 6) is -0.456. The van der Waals surface area contributed by atoms with E-state index in [1.165, 1.54) is 0 Å². The Morgan fingerprint density at radius 3 is 2.38 bits per heavy atom. The first-order valence-corrected chi connectivity index (χ1v) is 5.83. The van der Waals surface area contributed by atoms with Crippen molar-refractivity contribution in [3.05, 3.63) is 0 Å². The molecule has 13 heavy (non-hydrogen) atoms. The second-order valence-electron chi connectivity index (χ2n) is 2.83. The molecule has 0 aliphatic carbocycles. The number of alkyl halides is 3. The van der Waals surface area contributed by atoms with Gasteiger partial charge in [-0.3, -0.25) is 0 Å². The van der Waals surface area contributed by atoms with Crippen molar-refractivity contribution in [3.8, 4) is 0 Å². The molecule has 0 amide bonds. The Labute approximate surface area is 103 Å². The molecule has 2 atom stereocenters. The number of halogens is 3. The zero-order chi connectivity index (χ0) is 10.3. The van der Waals surface area contributed by atoms with Crippen LogP contribution >= 0.6 is 47.8 Å². The molecule has 1 fully saturated rings. The monoisotopic (exact) mass is 374 g/mol. The molecule has 2 unspecified atom stereocenters. The van der Waals surface area contributed by atoms with Gasteiger partial charge in [0.05, 0.1) is 7.85 Å². The number of carbonyl (C=O) groups is 1. The van der Waals surface area contributed by atoms with E-state index in [-0.39, 0.29) is 6.32 Å². The van der Waals surface area contributed by atoms with Gasteiger partial charge in [-0.15, -0.1) is 0 Å². The number of rotatable bonds is 1. The van der Waals surface area contributed by atoms with Gasteiger partial charge in [-0.25, -0.2) is 4.79 Å². The number of carbonyl (C=O) groups excluding carboxylic acids is 1. The van der Waals surface area contributed by atoms with Gasteiger partial charge >= 0.3 is 5.97 Å². The Morgan fingerprint density at radius 2 is 2.15 bits per heavy atom. The van der Waals surface area contributed by atoms with Crippen LogP contribution in [0.4, 0.5) is 0 Å². The van der Waals surface area contributed by atoms with E-state index in [0.717, 1.165) is 0 Å². The predicted octanol–water partition coefficient (Wildman–Crippen LogP) is 2.07. The lowest BCUT2D eigenvalue weighted by Gasteiger charge is -2.21. The summed E-state index contributed by atoms with van der Waals surface area (Å²) in [6, 6.07) is 0. The average Bonchev–Trinajstić information content (AvgIpc) is 2.29. The van der Waals surface area contributed by atoms with Crippen LogP contribution in [0.5, 0.6) is 0 Å². The van der Waals surface area contributed by atoms with Crippen LogP contribution in [0.1, 0.15) is 6.92 Å². The molecular formula is C6H6BBr3O3. The standard InChI is InChI=1S/C6H6BBr3O3/c1-5(2-7)3(11)12-4(13-5)6(8,9)10/h4H,2H2,1H3. The zero-order valence-corrected chi connectivity index (χ0v) is 11.5. The van der Waals surface area contributed by atoms with Crippen LogP contribution in [0, 0.1) is 0 Å². The SMILES string of the molecule is [B]CC1(C)OC(C(Br)(Br)Br)OC1=O. The maximum absolute atomic E-state index is 11.3. The van der Waals surface area contributed by atoms with Gasteiger partial charge in [0.25, 0.3) is 0 Å². The molecule has 2 radical (unpaired) electrons. The average molecular weight is 377 g/mol. The zero-order valence-electron chi connectivity index (χ0n) is 6.72. The molecule has 7 heteroatoms. The van der Waals surface area contributed by atoms with Gasteiger partial charge < -0.3 is 9.47 Å². The van der Waals surface area contributed by atoms with Gasteiger partial charge in [0.15, 0.2) is 7.74 Å². The third-order valence-corrected chi connectivity index (χ3v) is 2.79. The molecule has 0 aromatic rings. The Kier molecular flexibility index (Phi) is 3.54. The fourth-order valence-corrected chi connectivity index (χ4v) is 1.36.